The highest BCUT2D eigenvalue weighted by atomic mass is 79.9. The molecule has 0 spiro atoms. The largest absolute Gasteiger partial charge is 0.345 e. The standard InChI is InChI=1S/C22H17BrFN3O/c23-17-11-9-15(10-12-17)22(28)25-13-21-26-19-7-3-4-8-20(19)27(21)14-16-5-1-2-6-18(16)24/h1-12H,13-14H2,(H,25,28). The molecule has 4 aromatic rings. The first-order valence-corrected chi connectivity index (χ1v) is 9.62. The van der Waals surface area contributed by atoms with Crippen molar-refractivity contribution < 1.29 is 9.18 Å². The van der Waals surface area contributed by atoms with Crippen LogP contribution in [0.1, 0.15) is 21.7 Å². The Labute approximate surface area is 170 Å². The Kier molecular flexibility index (Phi) is 5.21. The van der Waals surface area contributed by atoms with Crippen molar-refractivity contribution in [3.63, 3.8) is 0 Å². The zero-order valence-electron chi connectivity index (χ0n) is 14.9. The van der Waals surface area contributed by atoms with Crippen molar-refractivity contribution in [2.24, 2.45) is 0 Å². The van der Waals surface area contributed by atoms with Gasteiger partial charge in [0.2, 0.25) is 0 Å². The zero-order valence-corrected chi connectivity index (χ0v) is 16.5. The molecule has 140 valence electrons. The number of aromatic nitrogens is 2. The van der Waals surface area contributed by atoms with Crippen molar-refractivity contribution in [2.75, 3.05) is 0 Å². The molecule has 6 heteroatoms. The summed E-state index contributed by atoms with van der Waals surface area (Å²) in [6, 6.07) is 21.5. The Bertz CT molecular complexity index is 1140. The number of hydrogen-bond donors (Lipinski definition) is 1. The van der Waals surface area contributed by atoms with Crippen LogP contribution in [0.4, 0.5) is 4.39 Å². The molecule has 0 saturated carbocycles. The van der Waals surface area contributed by atoms with Gasteiger partial charge in [-0.25, -0.2) is 9.37 Å². The maximum Gasteiger partial charge on any atom is 0.251 e. The molecule has 0 radical (unpaired) electrons. The fourth-order valence-electron chi connectivity index (χ4n) is 3.10. The molecule has 0 aliphatic carbocycles. The van der Waals surface area contributed by atoms with Gasteiger partial charge in [0.25, 0.3) is 5.91 Å². The van der Waals surface area contributed by atoms with Crippen LogP contribution in [0.25, 0.3) is 11.0 Å². The summed E-state index contributed by atoms with van der Waals surface area (Å²) >= 11 is 3.36. The van der Waals surface area contributed by atoms with Crippen molar-refractivity contribution in [3.05, 3.63) is 100 Å². The molecule has 0 aliphatic heterocycles. The third-order valence-corrected chi connectivity index (χ3v) is 5.06. The molecule has 0 aliphatic rings. The number of nitrogens with one attached hydrogen (secondary N) is 1. The van der Waals surface area contributed by atoms with Crippen LogP contribution in [0.2, 0.25) is 0 Å². The lowest BCUT2D eigenvalue weighted by Gasteiger charge is -2.11. The third kappa shape index (κ3) is 3.82. The van der Waals surface area contributed by atoms with E-state index < -0.39 is 0 Å². The molecule has 1 amide bonds. The van der Waals surface area contributed by atoms with Crippen molar-refractivity contribution in [3.8, 4) is 0 Å². The summed E-state index contributed by atoms with van der Waals surface area (Å²) in [6.07, 6.45) is 0. The lowest BCUT2D eigenvalue weighted by Crippen LogP contribution is -2.25. The minimum Gasteiger partial charge on any atom is -0.345 e. The zero-order chi connectivity index (χ0) is 19.5. The van der Waals surface area contributed by atoms with E-state index in [4.69, 9.17) is 0 Å². The predicted molar refractivity (Wildman–Crippen MR) is 111 cm³/mol. The molecular weight excluding hydrogens is 421 g/mol. The van der Waals surface area contributed by atoms with Gasteiger partial charge < -0.3 is 9.88 Å². The van der Waals surface area contributed by atoms with E-state index >= 15 is 0 Å². The van der Waals surface area contributed by atoms with E-state index in [0.29, 0.717) is 23.5 Å². The van der Waals surface area contributed by atoms with Gasteiger partial charge in [-0.15, -0.1) is 0 Å². The number of imidazole rings is 1. The van der Waals surface area contributed by atoms with E-state index in [9.17, 15) is 9.18 Å². The van der Waals surface area contributed by atoms with Crippen LogP contribution < -0.4 is 5.32 Å². The fourth-order valence-corrected chi connectivity index (χ4v) is 3.36. The Hall–Kier alpha value is -2.99. The Morgan fingerprint density at radius 1 is 1.00 bits per heavy atom. The second-order valence-corrected chi connectivity index (χ2v) is 7.30. The number of nitrogens with zero attached hydrogens (tertiary/aromatic N) is 2. The van der Waals surface area contributed by atoms with Crippen molar-refractivity contribution in [1.82, 2.24) is 14.9 Å². The second-order valence-electron chi connectivity index (χ2n) is 6.38. The summed E-state index contributed by atoms with van der Waals surface area (Å²) in [7, 11) is 0. The van der Waals surface area contributed by atoms with Gasteiger partial charge in [0.15, 0.2) is 0 Å². The minimum atomic E-state index is -0.259. The van der Waals surface area contributed by atoms with E-state index in [0.717, 1.165) is 15.5 Å². The first kappa shape index (κ1) is 18.4. The first-order chi connectivity index (χ1) is 13.6. The molecule has 1 heterocycles. The van der Waals surface area contributed by atoms with Gasteiger partial charge in [0, 0.05) is 15.6 Å². The lowest BCUT2D eigenvalue weighted by molar-refractivity contribution is 0.0949. The normalized spacial score (nSPS) is 10.9. The van der Waals surface area contributed by atoms with E-state index in [1.54, 1.807) is 24.3 Å². The first-order valence-electron chi connectivity index (χ1n) is 8.83. The van der Waals surface area contributed by atoms with Crippen LogP contribution in [0, 0.1) is 5.82 Å². The molecule has 0 fully saturated rings. The summed E-state index contributed by atoms with van der Waals surface area (Å²) in [5.74, 6) is 0.233. The summed E-state index contributed by atoms with van der Waals surface area (Å²) in [5, 5.41) is 2.91. The summed E-state index contributed by atoms with van der Waals surface area (Å²) < 4.78 is 17.0. The number of hydrogen-bond acceptors (Lipinski definition) is 2. The molecule has 1 N–H and O–H groups in total. The van der Waals surface area contributed by atoms with E-state index in [1.165, 1.54) is 6.07 Å². The molecule has 0 unspecified atom stereocenters. The van der Waals surface area contributed by atoms with Crippen LogP contribution >= 0.6 is 15.9 Å². The molecule has 1 aromatic heterocycles. The van der Waals surface area contributed by atoms with Crippen LogP contribution in [-0.4, -0.2) is 15.5 Å². The van der Waals surface area contributed by atoms with Crippen LogP contribution in [-0.2, 0) is 13.1 Å². The molecular formula is C22H17BrFN3O. The van der Waals surface area contributed by atoms with Gasteiger partial charge in [0.1, 0.15) is 11.6 Å². The summed E-state index contributed by atoms with van der Waals surface area (Å²) in [5.41, 5.74) is 2.86. The third-order valence-electron chi connectivity index (χ3n) is 4.53. The smallest absolute Gasteiger partial charge is 0.251 e. The highest BCUT2D eigenvalue weighted by Crippen LogP contribution is 2.19. The molecule has 0 bridgehead atoms. The van der Waals surface area contributed by atoms with Crippen molar-refractivity contribution in [2.45, 2.75) is 13.1 Å². The number of benzene rings is 3. The number of fused-ring (bicyclic) bond motifs is 1. The molecule has 3 aromatic carbocycles. The van der Waals surface area contributed by atoms with Crippen LogP contribution in [0.3, 0.4) is 0 Å². The lowest BCUT2D eigenvalue weighted by atomic mass is 10.2. The second kappa shape index (κ2) is 7.94. The minimum absolute atomic E-state index is 0.183. The topological polar surface area (TPSA) is 46.9 Å². The van der Waals surface area contributed by atoms with Gasteiger partial charge in [-0.05, 0) is 42.5 Å². The summed E-state index contributed by atoms with van der Waals surface area (Å²) in [4.78, 5) is 17.1. The molecule has 28 heavy (non-hydrogen) atoms. The van der Waals surface area contributed by atoms with E-state index in [-0.39, 0.29) is 18.3 Å². The monoisotopic (exact) mass is 437 g/mol. The summed E-state index contributed by atoms with van der Waals surface area (Å²) in [6.45, 7) is 0.592. The van der Waals surface area contributed by atoms with Crippen LogP contribution in [0.5, 0.6) is 0 Å². The van der Waals surface area contributed by atoms with Crippen molar-refractivity contribution >= 4 is 32.9 Å². The maximum absolute atomic E-state index is 14.2. The molecule has 4 rings (SSSR count). The Morgan fingerprint density at radius 2 is 1.71 bits per heavy atom. The van der Waals surface area contributed by atoms with Gasteiger partial charge in [-0.2, -0.15) is 0 Å². The fraction of sp³-hybridized carbons (Fsp3) is 0.0909. The Balaban J connectivity index is 1.62. The average molecular weight is 438 g/mol. The van der Waals surface area contributed by atoms with Gasteiger partial charge >= 0.3 is 0 Å². The Morgan fingerprint density at radius 3 is 2.50 bits per heavy atom. The van der Waals surface area contributed by atoms with Gasteiger partial charge in [-0.1, -0.05) is 46.3 Å². The number of carbonyl (C=O) groups is 1. The number of para-hydroxylation sites is 2. The average Bonchev–Trinajstić information content (AvgIpc) is 3.06. The number of amides is 1. The van der Waals surface area contributed by atoms with E-state index in [1.807, 2.05) is 47.0 Å². The molecule has 0 atom stereocenters. The highest BCUT2D eigenvalue weighted by molar-refractivity contribution is 9.10. The number of carbonyl (C=O) groups excluding carboxylic acids is 1. The SMILES string of the molecule is O=C(NCc1nc2ccccc2n1Cc1ccccc1F)c1ccc(Br)cc1. The van der Waals surface area contributed by atoms with Crippen molar-refractivity contribution in [1.29, 1.82) is 0 Å². The number of halogens is 2. The molecule has 4 nitrogen and oxygen atoms in total. The quantitative estimate of drug-likeness (QED) is 0.481. The predicted octanol–water partition coefficient (Wildman–Crippen LogP) is 4.92. The highest BCUT2D eigenvalue weighted by Gasteiger charge is 2.14. The van der Waals surface area contributed by atoms with E-state index in [2.05, 4.69) is 26.2 Å². The van der Waals surface area contributed by atoms with Gasteiger partial charge in [0.05, 0.1) is 24.1 Å². The maximum atomic E-state index is 14.2. The van der Waals surface area contributed by atoms with Gasteiger partial charge in [-0.3, -0.25) is 4.79 Å². The molecule has 0 saturated heterocycles. The number of rotatable bonds is 5. The van der Waals surface area contributed by atoms with Crippen LogP contribution in [0.15, 0.2) is 77.3 Å².